The van der Waals surface area contributed by atoms with E-state index in [1.165, 1.54) is 12.1 Å². The van der Waals surface area contributed by atoms with Gasteiger partial charge in [-0.3, -0.25) is 14.6 Å². The molecule has 0 saturated heterocycles. The Labute approximate surface area is 110 Å². The van der Waals surface area contributed by atoms with Gasteiger partial charge in [-0.2, -0.15) is 0 Å². The van der Waals surface area contributed by atoms with Gasteiger partial charge in [-0.1, -0.05) is 6.07 Å². The molecule has 1 amide bonds. The fourth-order valence-corrected chi connectivity index (χ4v) is 1.64. The SMILES string of the molecule is CN(C)c1ccncc1NC(=O)c1cccc(=O)[nH]1. The third-order valence-corrected chi connectivity index (χ3v) is 2.54. The third-order valence-electron chi connectivity index (χ3n) is 2.54. The van der Waals surface area contributed by atoms with Crippen LogP contribution in [0, 0.1) is 0 Å². The Morgan fingerprint density at radius 1 is 1.32 bits per heavy atom. The molecule has 0 atom stereocenters. The molecule has 2 rings (SSSR count). The molecule has 0 aliphatic heterocycles. The highest BCUT2D eigenvalue weighted by Gasteiger charge is 2.10. The Kier molecular flexibility index (Phi) is 3.61. The molecule has 2 heterocycles. The predicted molar refractivity (Wildman–Crippen MR) is 73.6 cm³/mol. The number of aromatic nitrogens is 2. The van der Waals surface area contributed by atoms with Gasteiger partial charge in [-0.25, -0.2) is 0 Å². The van der Waals surface area contributed by atoms with Gasteiger partial charge in [0.15, 0.2) is 0 Å². The molecule has 0 aliphatic rings. The highest BCUT2D eigenvalue weighted by atomic mass is 16.2. The van der Waals surface area contributed by atoms with Crippen molar-refractivity contribution in [3.8, 4) is 0 Å². The van der Waals surface area contributed by atoms with Crippen LogP contribution in [0.3, 0.4) is 0 Å². The van der Waals surface area contributed by atoms with Crippen molar-refractivity contribution in [2.75, 3.05) is 24.3 Å². The molecule has 0 unspecified atom stereocenters. The predicted octanol–water partition coefficient (Wildman–Crippen LogP) is 1.09. The van der Waals surface area contributed by atoms with Gasteiger partial charge in [0.2, 0.25) is 5.56 Å². The third kappa shape index (κ3) is 2.98. The van der Waals surface area contributed by atoms with E-state index in [1.54, 1.807) is 24.5 Å². The maximum Gasteiger partial charge on any atom is 0.272 e. The van der Waals surface area contributed by atoms with Crippen molar-refractivity contribution >= 4 is 17.3 Å². The molecule has 2 aromatic rings. The minimum atomic E-state index is -0.381. The standard InChI is InChI=1S/C13H14N4O2/c1-17(2)11-6-7-14-8-10(11)16-13(19)9-4-3-5-12(18)15-9/h3-8H,1-2H3,(H,15,18)(H,16,19). The van der Waals surface area contributed by atoms with Gasteiger partial charge in [-0.15, -0.1) is 0 Å². The van der Waals surface area contributed by atoms with Crippen LogP contribution >= 0.6 is 0 Å². The first-order chi connectivity index (χ1) is 9.08. The molecule has 0 radical (unpaired) electrons. The van der Waals surface area contributed by atoms with Gasteiger partial charge in [0.25, 0.3) is 5.91 Å². The van der Waals surface area contributed by atoms with Gasteiger partial charge < -0.3 is 15.2 Å². The van der Waals surface area contributed by atoms with Crippen molar-refractivity contribution < 1.29 is 4.79 Å². The summed E-state index contributed by atoms with van der Waals surface area (Å²) in [5, 5.41) is 2.72. The molecule has 6 nitrogen and oxygen atoms in total. The first-order valence-electron chi connectivity index (χ1n) is 5.70. The summed E-state index contributed by atoms with van der Waals surface area (Å²) in [5.74, 6) is -0.381. The summed E-state index contributed by atoms with van der Waals surface area (Å²) in [6.45, 7) is 0. The smallest absolute Gasteiger partial charge is 0.272 e. The molecule has 2 aromatic heterocycles. The lowest BCUT2D eigenvalue weighted by Crippen LogP contribution is -2.20. The van der Waals surface area contributed by atoms with E-state index in [2.05, 4.69) is 15.3 Å². The van der Waals surface area contributed by atoms with E-state index < -0.39 is 0 Å². The van der Waals surface area contributed by atoms with Crippen LogP contribution in [0.5, 0.6) is 0 Å². The summed E-state index contributed by atoms with van der Waals surface area (Å²) in [4.78, 5) is 31.5. The van der Waals surface area contributed by atoms with Gasteiger partial charge in [0, 0.05) is 26.4 Å². The maximum atomic E-state index is 12.0. The van der Waals surface area contributed by atoms with Crippen LogP contribution in [0.1, 0.15) is 10.5 Å². The topological polar surface area (TPSA) is 78.1 Å². The zero-order valence-electron chi connectivity index (χ0n) is 10.7. The number of aromatic amines is 1. The van der Waals surface area contributed by atoms with Gasteiger partial charge >= 0.3 is 0 Å². The van der Waals surface area contributed by atoms with Crippen LogP contribution in [0.4, 0.5) is 11.4 Å². The first-order valence-corrected chi connectivity index (χ1v) is 5.70. The van der Waals surface area contributed by atoms with Gasteiger partial charge in [0.05, 0.1) is 17.6 Å². The number of anilines is 2. The monoisotopic (exact) mass is 258 g/mol. The summed E-state index contributed by atoms with van der Waals surface area (Å²) in [5.41, 5.74) is 1.32. The van der Waals surface area contributed by atoms with E-state index in [0.717, 1.165) is 5.69 Å². The summed E-state index contributed by atoms with van der Waals surface area (Å²) in [6, 6.07) is 6.22. The molecule has 0 spiro atoms. The second-order valence-corrected chi connectivity index (χ2v) is 4.17. The average Bonchev–Trinajstić information content (AvgIpc) is 2.39. The minimum Gasteiger partial charge on any atom is -0.376 e. The van der Waals surface area contributed by atoms with E-state index >= 15 is 0 Å². The van der Waals surface area contributed by atoms with Crippen molar-refractivity contribution in [1.82, 2.24) is 9.97 Å². The maximum absolute atomic E-state index is 12.0. The van der Waals surface area contributed by atoms with Crippen LogP contribution in [0.2, 0.25) is 0 Å². The number of H-pyrrole nitrogens is 1. The molecule has 0 aromatic carbocycles. The molecule has 0 aliphatic carbocycles. The largest absolute Gasteiger partial charge is 0.376 e. The van der Waals surface area contributed by atoms with E-state index in [-0.39, 0.29) is 17.2 Å². The first kappa shape index (κ1) is 12.8. The average molecular weight is 258 g/mol. The zero-order chi connectivity index (χ0) is 13.8. The quantitative estimate of drug-likeness (QED) is 0.863. The molecule has 2 N–H and O–H groups in total. The van der Waals surface area contributed by atoms with Crippen LogP contribution in [-0.4, -0.2) is 30.0 Å². The fourth-order valence-electron chi connectivity index (χ4n) is 1.64. The summed E-state index contributed by atoms with van der Waals surface area (Å²) in [7, 11) is 3.74. The molecule has 0 fully saturated rings. The minimum absolute atomic E-state index is 0.209. The van der Waals surface area contributed by atoms with Crippen molar-refractivity contribution in [3.63, 3.8) is 0 Å². The number of pyridine rings is 2. The molecule has 19 heavy (non-hydrogen) atoms. The molecule has 6 heteroatoms. The molecular weight excluding hydrogens is 244 g/mol. The summed E-state index contributed by atoms with van der Waals surface area (Å²) >= 11 is 0. The zero-order valence-corrected chi connectivity index (χ0v) is 10.7. The number of nitrogens with zero attached hydrogens (tertiary/aromatic N) is 2. The number of rotatable bonds is 3. The van der Waals surface area contributed by atoms with E-state index in [9.17, 15) is 9.59 Å². The normalized spacial score (nSPS) is 10.0. The second kappa shape index (κ2) is 5.34. The fraction of sp³-hybridized carbons (Fsp3) is 0.154. The summed E-state index contributed by atoms with van der Waals surface area (Å²) < 4.78 is 0. The number of hydrogen-bond acceptors (Lipinski definition) is 4. The van der Waals surface area contributed by atoms with Crippen LogP contribution < -0.4 is 15.8 Å². The second-order valence-electron chi connectivity index (χ2n) is 4.17. The summed E-state index contributed by atoms with van der Waals surface area (Å²) in [6.07, 6.45) is 3.21. The Bertz CT molecular complexity index is 649. The molecule has 0 bridgehead atoms. The Morgan fingerprint density at radius 3 is 2.79 bits per heavy atom. The Morgan fingerprint density at radius 2 is 2.11 bits per heavy atom. The highest BCUT2D eigenvalue weighted by molar-refractivity contribution is 6.04. The van der Waals surface area contributed by atoms with Gasteiger partial charge in [-0.05, 0) is 12.1 Å². The lowest BCUT2D eigenvalue weighted by Gasteiger charge is -2.17. The van der Waals surface area contributed by atoms with Gasteiger partial charge in [0.1, 0.15) is 5.69 Å². The van der Waals surface area contributed by atoms with Crippen molar-refractivity contribution in [2.24, 2.45) is 0 Å². The number of amides is 1. The molecular formula is C13H14N4O2. The highest BCUT2D eigenvalue weighted by Crippen LogP contribution is 2.22. The van der Waals surface area contributed by atoms with Crippen LogP contribution in [0.25, 0.3) is 0 Å². The van der Waals surface area contributed by atoms with Crippen molar-refractivity contribution in [2.45, 2.75) is 0 Å². The number of hydrogen-bond donors (Lipinski definition) is 2. The Hall–Kier alpha value is -2.63. The van der Waals surface area contributed by atoms with E-state index in [1.807, 2.05) is 19.0 Å². The van der Waals surface area contributed by atoms with Crippen LogP contribution in [0.15, 0.2) is 41.5 Å². The lowest BCUT2D eigenvalue weighted by molar-refractivity contribution is 0.102. The number of carbonyl (C=O) groups excluding carboxylic acids is 1. The van der Waals surface area contributed by atoms with E-state index in [4.69, 9.17) is 0 Å². The van der Waals surface area contributed by atoms with Crippen LogP contribution in [-0.2, 0) is 0 Å². The lowest BCUT2D eigenvalue weighted by atomic mass is 10.3. The van der Waals surface area contributed by atoms with Crippen molar-refractivity contribution in [3.05, 3.63) is 52.7 Å². The number of carbonyl (C=O) groups is 1. The molecule has 0 saturated carbocycles. The van der Waals surface area contributed by atoms with E-state index in [0.29, 0.717) is 5.69 Å². The Balaban J connectivity index is 2.27. The van der Waals surface area contributed by atoms with Crippen molar-refractivity contribution in [1.29, 1.82) is 0 Å². The number of nitrogens with one attached hydrogen (secondary N) is 2. The molecule has 98 valence electrons.